The molecule has 1 unspecified atom stereocenters. The number of benzene rings is 3. The number of carbonyl (C=O) groups is 1. The normalized spacial score (nSPS) is 12.3. The van der Waals surface area contributed by atoms with Gasteiger partial charge in [0.15, 0.2) is 31.0 Å². The zero-order valence-electron chi connectivity index (χ0n) is 19.4. The highest BCUT2D eigenvalue weighted by molar-refractivity contribution is 7.97. The van der Waals surface area contributed by atoms with E-state index in [-0.39, 0.29) is 16.5 Å². The molecule has 0 spiro atoms. The monoisotopic (exact) mass is 538 g/mol. The van der Waals surface area contributed by atoms with E-state index in [1.165, 1.54) is 21.6 Å². The van der Waals surface area contributed by atoms with E-state index in [2.05, 4.69) is 102 Å². The molecule has 0 bridgehead atoms. The van der Waals surface area contributed by atoms with Gasteiger partial charge in [0.25, 0.3) is 0 Å². The Labute approximate surface area is 211 Å². The highest BCUT2D eigenvalue weighted by atomic mass is 32.2. The number of halogens is 3. The summed E-state index contributed by atoms with van der Waals surface area (Å²) < 4.78 is 72.3. The third-order valence-electron chi connectivity index (χ3n) is 4.59. The van der Waals surface area contributed by atoms with Gasteiger partial charge in [0.2, 0.25) is 0 Å². The van der Waals surface area contributed by atoms with Crippen molar-refractivity contribution in [3.8, 4) is 0 Å². The van der Waals surface area contributed by atoms with Gasteiger partial charge in [-0.15, -0.1) is 0 Å². The molecule has 3 aromatic carbocycles. The van der Waals surface area contributed by atoms with Crippen LogP contribution in [0.5, 0.6) is 0 Å². The Morgan fingerprint density at radius 1 is 0.917 bits per heavy atom. The summed E-state index contributed by atoms with van der Waals surface area (Å²) in [5, 5.41) is -5.04. The third kappa shape index (κ3) is 8.25. The first-order chi connectivity index (χ1) is 16.9. The Bertz CT molecular complexity index is 1130. The Kier molecular flexibility index (Phi) is 10.8. The molecule has 0 heterocycles. The fourth-order valence-corrected chi connectivity index (χ4v) is 5.32. The summed E-state index contributed by atoms with van der Waals surface area (Å²) in [5.74, 6) is -0.925. The maximum absolute atomic E-state index is 12.8. The van der Waals surface area contributed by atoms with Crippen LogP contribution in [0.15, 0.2) is 118 Å². The van der Waals surface area contributed by atoms with Crippen molar-refractivity contribution in [2.24, 2.45) is 0 Å². The largest absolute Gasteiger partial charge is 0.743 e. The van der Waals surface area contributed by atoms with E-state index >= 15 is 0 Å². The smallest absolute Gasteiger partial charge is 0.364 e. The van der Waals surface area contributed by atoms with Crippen LogP contribution in [-0.4, -0.2) is 37.0 Å². The average molecular weight is 539 g/mol. The van der Waals surface area contributed by atoms with E-state index in [1.54, 1.807) is 0 Å². The van der Waals surface area contributed by atoms with Crippen LogP contribution in [0.1, 0.15) is 13.3 Å². The van der Waals surface area contributed by atoms with Crippen LogP contribution in [0.3, 0.4) is 0 Å². The van der Waals surface area contributed by atoms with Crippen LogP contribution in [0.4, 0.5) is 13.2 Å². The summed E-state index contributed by atoms with van der Waals surface area (Å²) in [6.45, 7) is 3.68. The molecule has 36 heavy (non-hydrogen) atoms. The third-order valence-corrected chi connectivity index (χ3v) is 7.74. The lowest BCUT2D eigenvalue weighted by Gasteiger charge is -2.23. The molecule has 0 aliphatic rings. The molecule has 10 heteroatoms. The minimum atomic E-state index is -6.08. The fourth-order valence-electron chi connectivity index (χ4n) is 2.78. The van der Waals surface area contributed by atoms with Crippen molar-refractivity contribution in [1.29, 1.82) is 0 Å². The summed E-state index contributed by atoms with van der Waals surface area (Å²) in [5.41, 5.74) is -0.0244. The van der Waals surface area contributed by atoms with Crippen LogP contribution >= 0.6 is 0 Å². The molecule has 0 aliphatic carbocycles. The minimum Gasteiger partial charge on any atom is -0.743 e. The summed E-state index contributed by atoms with van der Waals surface area (Å²) in [7, 11) is -6.10. The van der Waals surface area contributed by atoms with Gasteiger partial charge < -0.3 is 9.29 Å². The predicted molar refractivity (Wildman–Crippen MR) is 131 cm³/mol. The van der Waals surface area contributed by atoms with Crippen LogP contribution < -0.4 is 0 Å². The first kappa shape index (κ1) is 29.2. The number of ether oxygens (including phenoxy) is 1. The number of esters is 1. The second-order valence-electron chi connectivity index (χ2n) is 7.43. The van der Waals surface area contributed by atoms with Crippen LogP contribution in [0.25, 0.3) is 0 Å². The number of rotatable bonds is 9. The highest BCUT2D eigenvalue weighted by Crippen LogP contribution is 2.31. The quantitative estimate of drug-likeness (QED) is 0.150. The standard InChI is InChI=1S/C18H15S.C8H11F3O5S/c1-4-10-16(11-5-1)19(17-12-6-2-7-13-17)18-14-8-3-9-15-18;1-5(2)7(12)16-4-3-6(9)8(10,11)17(13,14)15/h1-15H;6H,1,3-4H2,2H3,(H,13,14,15)/q+1;/p-1. The Balaban J connectivity index is 0.000000256. The molecule has 0 aromatic heterocycles. The summed E-state index contributed by atoms with van der Waals surface area (Å²) in [6.07, 6.45) is -4.34. The highest BCUT2D eigenvalue weighted by Gasteiger charge is 2.47. The van der Waals surface area contributed by atoms with Gasteiger partial charge in [-0.1, -0.05) is 61.2 Å². The van der Waals surface area contributed by atoms with Gasteiger partial charge in [-0.3, -0.25) is 0 Å². The van der Waals surface area contributed by atoms with E-state index in [4.69, 9.17) is 0 Å². The zero-order chi connectivity index (χ0) is 26.8. The van der Waals surface area contributed by atoms with Crippen molar-refractivity contribution in [2.75, 3.05) is 6.61 Å². The van der Waals surface area contributed by atoms with Gasteiger partial charge in [0.1, 0.15) is 0 Å². The van der Waals surface area contributed by atoms with Crippen molar-refractivity contribution >= 4 is 27.0 Å². The van der Waals surface area contributed by atoms with Gasteiger partial charge in [-0.05, 0) is 43.3 Å². The molecule has 0 amide bonds. The van der Waals surface area contributed by atoms with Crippen molar-refractivity contribution in [3.05, 3.63) is 103 Å². The lowest BCUT2D eigenvalue weighted by Crippen LogP contribution is -2.39. The Hall–Kier alpha value is -3.08. The molecular formula is C26H25F3O5S2. The fraction of sp³-hybridized carbons (Fsp3) is 0.192. The summed E-state index contributed by atoms with van der Waals surface area (Å²) in [4.78, 5) is 14.8. The van der Waals surface area contributed by atoms with Gasteiger partial charge in [-0.2, -0.15) is 8.78 Å². The molecule has 0 N–H and O–H groups in total. The number of carbonyl (C=O) groups excluding carboxylic acids is 1. The van der Waals surface area contributed by atoms with E-state index < -0.39 is 40.5 Å². The van der Waals surface area contributed by atoms with Gasteiger partial charge in [-0.25, -0.2) is 17.6 Å². The molecule has 192 valence electrons. The Morgan fingerprint density at radius 3 is 1.58 bits per heavy atom. The zero-order valence-corrected chi connectivity index (χ0v) is 21.0. The van der Waals surface area contributed by atoms with Crippen LogP contribution in [-0.2, 0) is 30.5 Å². The van der Waals surface area contributed by atoms with E-state index in [1.807, 2.05) is 0 Å². The number of hydrogen-bond acceptors (Lipinski definition) is 5. The van der Waals surface area contributed by atoms with E-state index in [0.717, 1.165) is 0 Å². The molecule has 0 saturated carbocycles. The lowest BCUT2D eigenvalue weighted by atomic mass is 10.3. The first-order valence-corrected chi connectivity index (χ1v) is 13.3. The second-order valence-corrected chi connectivity index (χ2v) is 10.9. The summed E-state index contributed by atoms with van der Waals surface area (Å²) >= 11 is 0. The van der Waals surface area contributed by atoms with Crippen LogP contribution in [0.2, 0.25) is 0 Å². The van der Waals surface area contributed by atoms with Gasteiger partial charge >= 0.3 is 11.2 Å². The van der Waals surface area contributed by atoms with Crippen LogP contribution in [0, 0.1) is 0 Å². The molecule has 0 radical (unpaired) electrons. The Morgan fingerprint density at radius 2 is 1.28 bits per heavy atom. The molecule has 5 nitrogen and oxygen atoms in total. The maximum Gasteiger partial charge on any atom is 0.364 e. The van der Waals surface area contributed by atoms with E-state index in [0.29, 0.717) is 0 Å². The predicted octanol–water partition coefficient (Wildman–Crippen LogP) is 5.75. The van der Waals surface area contributed by atoms with Crippen molar-refractivity contribution in [1.82, 2.24) is 0 Å². The van der Waals surface area contributed by atoms with Crippen molar-refractivity contribution in [2.45, 2.75) is 39.5 Å². The topological polar surface area (TPSA) is 83.5 Å². The van der Waals surface area contributed by atoms with Crippen molar-refractivity contribution in [3.63, 3.8) is 0 Å². The lowest BCUT2D eigenvalue weighted by molar-refractivity contribution is -0.140. The molecular weight excluding hydrogens is 513 g/mol. The van der Waals surface area contributed by atoms with E-state index in [9.17, 15) is 30.9 Å². The molecule has 0 aliphatic heterocycles. The van der Waals surface area contributed by atoms with Gasteiger partial charge in [0.05, 0.1) is 17.5 Å². The molecule has 3 aromatic rings. The average Bonchev–Trinajstić information content (AvgIpc) is 2.85. The van der Waals surface area contributed by atoms with Crippen molar-refractivity contribution < 1.29 is 35.7 Å². The second kappa shape index (κ2) is 13.3. The first-order valence-electron chi connectivity index (χ1n) is 10.6. The minimum absolute atomic E-state index is 0.0146. The maximum atomic E-state index is 12.8. The van der Waals surface area contributed by atoms with Gasteiger partial charge in [0, 0.05) is 12.0 Å². The number of alkyl halides is 3. The summed E-state index contributed by atoms with van der Waals surface area (Å²) in [6, 6.07) is 32.2. The molecule has 1 atom stereocenters. The molecule has 0 saturated heterocycles. The number of hydrogen-bond donors (Lipinski definition) is 0. The molecule has 0 fully saturated rings. The SMILES string of the molecule is C=C(C)C(=O)OCCC(F)C(F)(F)S(=O)(=O)[O-].c1ccc([S+](c2ccccc2)c2ccccc2)cc1. The molecule has 3 rings (SSSR count).